The summed E-state index contributed by atoms with van der Waals surface area (Å²) in [6.07, 6.45) is -1.06. The van der Waals surface area contributed by atoms with Crippen LogP contribution in [0.1, 0.15) is 5.56 Å². The number of imidazole rings is 1. The Balaban J connectivity index is 1.57. The van der Waals surface area contributed by atoms with Crippen molar-refractivity contribution in [1.29, 1.82) is 0 Å². The largest absolute Gasteiger partial charge is 0.493 e. The summed E-state index contributed by atoms with van der Waals surface area (Å²) in [4.78, 5) is 32.8. The van der Waals surface area contributed by atoms with Crippen molar-refractivity contribution in [2.45, 2.75) is 19.6 Å². The molecule has 38 heavy (non-hydrogen) atoms. The van der Waals surface area contributed by atoms with Crippen molar-refractivity contribution in [1.82, 2.24) is 23.7 Å². The number of hydrogen-bond acceptors (Lipinski definition) is 8. The maximum Gasteiger partial charge on any atom is 0.332 e. The lowest BCUT2D eigenvalue weighted by atomic mass is 10.2. The van der Waals surface area contributed by atoms with E-state index in [9.17, 15) is 19.8 Å². The zero-order valence-corrected chi connectivity index (χ0v) is 22.3. The third-order valence-electron chi connectivity index (χ3n) is 6.20. The second-order valence-electron chi connectivity index (χ2n) is 8.84. The number of aromatic nitrogens is 5. The van der Waals surface area contributed by atoms with Crippen molar-refractivity contribution in [2.75, 3.05) is 6.61 Å². The first kappa shape index (κ1) is 25.4. The number of nitrogens with zero attached hydrogens (tertiary/aromatic N) is 6. The van der Waals surface area contributed by atoms with Gasteiger partial charge in [0.25, 0.3) is 11.5 Å². The molecule has 5 aromatic rings. The molecular formula is C25H24BrN7O5. The van der Waals surface area contributed by atoms with Gasteiger partial charge in [-0.3, -0.25) is 18.5 Å². The molecule has 5 rings (SSSR count). The Hall–Kier alpha value is -4.23. The number of benzene rings is 2. The standard InChI is InChI=1S/C25H24BrN7O5/c1-13-6-4-5-7-18(13)38-12-15(34)11-33-20-21(31(2)25(37)32(3)23(20)36)28-24(33)30-29-19-16-10-14(26)8-9-17(16)27-22(19)35/h4-10,15,27,34-35H,11-12H2,1-3H3/t15-/m0/s1. The number of azo groups is 1. The lowest BCUT2D eigenvalue weighted by Gasteiger charge is -2.15. The molecule has 0 amide bonds. The number of ether oxygens (including phenoxy) is 1. The molecule has 0 saturated carbocycles. The Morgan fingerprint density at radius 3 is 2.66 bits per heavy atom. The number of halogens is 1. The van der Waals surface area contributed by atoms with Crippen molar-refractivity contribution >= 4 is 49.6 Å². The summed E-state index contributed by atoms with van der Waals surface area (Å²) in [6.45, 7) is 1.71. The quantitative estimate of drug-likeness (QED) is 0.250. The average Bonchev–Trinajstić information content (AvgIpc) is 3.40. The minimum Gasteiger partial charge on any atom is -0.493 e. The summed E-state index contributed by atoms with van der Waals surface area (Å²) in [5.74, 6) is 0.401. The van der Waals surface area contributed by atoms with Crippen molar-refractivity contribution < 1.29 is 14.9 Å². The predicted molar refractivity (Wildman–Crippen MR) is 145 cm³/mol. The van der Waals surface area contributed by atoms with Crippen LogP contribution in [0.2, 0.25) is 0 Å². The third-order valence-corrected chi connectivity index (χ3v) is 6.69. The third kappa shape index (κ3) is 4.50. The fourth-order valence-electron chi connectivity index (χ4n) is 4.18. The Kier molecular flexibility index (Phi) is 6.63. The van der Waals surface area contributed by atoms with Crippen LogP contribution in [0.4, 0.5) is 11.6 Å². The molecule has 0 spiro atoms. The number of aliphatic hydroxyl groups is 1. The number of fused-ring (bicyclic) bond motifs is 2. The number of aromatic amines is 1. The molecule has 0 bridgehead atoms. The van der Waals surface area contributed by atoms with E-state index in [0.717, 1.165) is 14.6 Å². The van der Waals surface area contributed by atoms with E-state index in [1.54, 1.807) is 18.2 Å². The SMILES string of the molecule is Cc1ccccc1OC[C@@H](O)Cn1c(N=Nc2c(O)[nH]c3ccc(Br)cc23)nc2c1c(=O)n(C)c(=O)n2C. The Labute approximate surface area is 223 Å². The van der Waals surface area contributed by atoms with Crippen LogP contribution in [-0.2, 0) is 20.6 Å². The van der Waals surface area contributed by atoms with Crippen LogP contribution >= 0.6 is 15.9 Å². The molecule has 12 nitrogen and oxygen atoms in total. The minimum absolute atomic E-state index is 0.0306. The Morgan fingerprint density at radius 1 is 1.13 bits per heavy atom. The van der Waals surface area contributed by atoms with Gasteiger partial charge in [0, 0.05) is 24.0 Å². The van der Waals surface area contributed by atoms with Gasteiger partial charge in [-0.1, -0.05) is 34.1 Å². The number of hydrogen-bond donors (Lipinski definition) is 3. The summed E-state index contributed by atoms with van der Waals surface area (Å²) in [5, 5.41) is 30.3. The van der Waals surface area contributed by atoms with Crippen LogP contribution in [0.25, 0.3) is 22.1 Å². The molecule has 2 aromatic carbocycles. The molecule has 196 valence electrons. The van der Waals surface area contributed by atoms with Gasteiger partial charge in [0.15, 0.2) is 16.9 Å². The molecule has 0 aliphatic heterocycles. The predicted octanol–water partition coefficient (Wildman–Crippen LogP) is 3.55. The minimum atomic E-state index is -1.06. The number of rotatable bonds is 7. The van der Waals surface area contributed by atoms with Crippen LogP contribution in [0.15, 0.2) is 66.8 Å². The van der Waals surface area contributed by atoms with Crippen molar-refractivity contribution in [2.24, 2.45) is 24.3 Å². The first-order valence-electron chi connectivity index (χ1n) is 11.6. The van der Waals surface area contributed by atoms with Gasteiger partial charge in [0.2, 0.25) is 5.88 Å². The molecule has 3 heterocycles. The normalized spacial score (nSPS) is 12.7. The van der Waals surface area contributed by atoms with Crippen molar-refractivity contribution in [3.05, 3.63) is 73.3 Å². The second kappa shape index (κ2) is 9.91. The molecular weight excluding hydrogens is 558 g/mol. The van der Waals surface area contributed by atoms with E-state index in [-0.39, 0.29) is 41.8 Å². The summed E-state index contributed by atoms with van der Waals surface area (Å²) in [7, 11) is 2.85. The zero-order chi connectivity index (χ0) is 27.1. The highest BCUT2D eigenvalue weighted by Gasteiger charge is 2.22. The highest BCUT2D eigenvalue weighted by atomic mass is 79.9. The Bertz CT molecular complexity index is 1830. The van der Waals surface area contributed by atoms with Crippen molar-refractivity contribution in [3.63, 3.8) is 0 Å². The molecule has 0 aliphatic carbocycles. The van der Waals surface area contributed by atoms with Crippen LogP contribution in [0, 0.1) is 6.92 Å². The van der Waals surface area contributed by atoms with Crippen LogP contribution in [0.5, 0.6) is 11.6 Å². The van der Waals surface area contributed by atoms with Crippen molar-refractivity contribution in [3.8, 4) is 11.6 Å². The van der Waals surface area contributed by atoms with Gasteiger partial charge in [-0.25, -0.2) is 4.79 Å². The van der Waals surface area contributed by atoms with Gasteiger partial charge in [-0.2, -0.15) is 4.98 Å². The molecule has 3 N–H and O–H groups in total. The number of aliphatic hydroxyl groups excluding tert-OH is 1. The topological polar surface area (TPSA) is 152 Å². The first-order valence-corrected chi connectivity index (χ1v) is 12.4. The summed E-state index contributed by atoms with van der Waals surface area (Å²) in [5.41, 5.74) is 0.741. The highest BCUT2D eigenvalue weighted by Crippen LogP contribution is 2.37. The lowest BCUT2D eigenvalue weighted by molar-refractivity contribution is 0.0934. The van der Waals surface area contributed by atoms with Gasteiger partial charge >= 0.3 is 5.69 Å². The fraction of sp³-hybridized carbons (Fsp3) is 0.240. The summed E-state index contributed by atoms with van der Waals surface area (Å²) in [6, 6.07) is 12.8. The molecule has 0 aliphatic rings. The van der Waals surface area contributed by atoms with E-state index < -0.39 is 17.4 Å². The van der Waals surface area contributed by atoms with Gasteiger partial charge in [-0.05, 0) is 36.8 Å². The highest BCUT2D eigenvalue weighted by molar-refractivity contribution is 9.10. The van der Waals surface area contributed by atoms with E-state index >= 15 is 0 Å². The zero-order valence-electron chi connectivity index (χ0n) is 20.7. The molecule has 3 aromatic heterocycles. The first-order chi connectivity index (χ1) is 18.2. The van der Waals surface area contributed by atoms with Gasteiger partial charge < -0.3 is 19.9 Å². The van der Waals surface area contributed by atoms with Crippen LogP contribution < -0.4 is 16.0 Å². The number of para-hydroxylation sites is 1. The van der Waals surface area contributed by atoms with Gasteiger partial charge in [-0.15, -0.1) is 10.2 Å². The maximum absolute atomic E-state index is 13.1. The maximum atomic E-state index is 13.1. The molecule has 0 radical (unpaired) electrons. The lowest BCUT2D eigenvalue weighted by Crippen LogP contribution is -2.38. The molecule has 1 atom stereocenters. The smallest absolute Gasteiger partial charge is 0.332 e. The summed E-state index contributed by atoms with van der Waals surface area (Å²) >= 11 is 3.41. The van der Waals surface area contributed by atoms with E-state index in [4.69, 9.17) is 4.74 Å². The number of nitrogens with one attached hydrogen (secondary N) is 1. The second-order valence-corrected chi connectivity index (χ2v) is 9.76. The molecule has 0 saturated heterocycles. The van der Waals surface area contributed by atoms with E-state index in [2.05, 4.69) is 36.1 Å². The van der Waals surface area contributed by atoms with Gasteiger partial charge in [0.1, 0.15) is 18.5 Å². The van der Waals surface area contributed by atoms with Crippen LogP contribution in [-0.4, -0.2) is 46.6 Å². The van der Waals surface area contributed by atoms with E-state index in [1.807, 2.05) is 31.2 Å². The molecule has 13 heteroatoms. The Morgan fingerprint density at radius 2 is 1.89 bits per heavy atom. The fourth-order valence-corrected chi connectivity index (χ4v) is 4.54. The van der Waals surface area contributed by atoms with Crippen LogP contribution in [0.3, 0.4) is 0 Å². The van der Waals surface area contributed by atoms with E-state index in [0.29, 0.717) is 16.7 Å². The van der Waals surface area contributed by atoms with E-state index in [1.165, 1.54) is 23.2 Å². The number of aromatic hydroxyl groups is 1. The summed E-state index contributed by atoms with van der Waals surface area (Å²) < 4.78 is 10.1. The molecule has 0 fully saturated rings. The van der Waals surface area contributed by atoms with Gasteiger partial charge in [0.05, 0.1) is 12.1 Å². The number of H-pyrrole nitrogens is 1. The number of aryl methyl sites for hydroxylation is 2. The molecule has 0 unspecified atom stereocenters. The average molecular weight is 582 g/mol. The monoisotopic (exact) mass is 581 g/mol.